The zero-order valence-corrected chi connectivity index (χ0v) is 14.5. The number of sulfonamides is 1. The van der Waals surface area contributed by atoms with E-state index in [-0.39, 0.29) is 10.6 Å². The van der Waals surface area contributed by atoms with Gasteiger partial charge in [0.2, 0.25) is 5.91 Å². The van der Waals surface area contributed by atoms with Crippen molar-refractivity contribution in [1.29, 1.82) is 0 Å². The zero-order valence-electron chi connectivity index (χ0n) is 12.9. The number of benzene rings is 1. The van der Waals surface area contributed by atoms with Gasteiger partial charge in [0.15, 0.2) is 5.16 Å². The number of aromatic nitrogens is 2. The lowest BCUT2D eigenvalue weighted by molar-refractivity contribution is -0.119. The highest BCUT2D eigenvalue weighted by Gasteiger charge is 2.15. The predicted octanol–water partition coefficient (Wildman–Crippen LogP) is 1.33. The van der Waals surface area contributed by atoms with Gasteiger partial charge < -0.3 is 0 Å². The van der Waals surface area contributed by atoms with E-state index in [1.54, 1.807) is 6.07 Å². The summed E-state index contributed by atoms with van der Waals surface area (Å²) in [5.74, 6) is -1.18. The molecule has 2 aromatic rings. The first kappa shape index (κ1) is 18.3. The maximum atomic E-state index is 12.8. The van der Waals surface area contributed by atoms with Gasteiger partial charge in [-0.15, -0.1) is 4.83 Å². The highest BCUT2D eigenvalue weighted by molar-refractivity contribution is 7.99. The van der Waals surface area contributed by atoms with Crippen LogP contribution in [0.2, 0.25) is 0 Å². The quantitative estimate of drug-likeness (QED) is 0.452. The van der Waals surface area contributed by atoms with E-state index in [1.165, 1.54) is 0 Å². The molecule has 0 radical (unpaired) electrons. The Balaban J connectivity index is 1.89. The van der Waals surface area contributed by atoms with E-state index in [1.807, 2.05) is 18.7 Å². The lowest BCUT2D eigenvalue weighted by atomic mass is 10.4. The van der Waals surface area contributed by atoms with Crippen LogP contribution in [-0.4, -0.2) is 30.0 Å². The van der Waals surface area contributed by atoms with Gasteiger partial charge in [0.05, 0.1) is 10.6 Å². The summed E-state index contributed by atoms with van der Waals surface area (Å²) in [6.07, 6.45) is 0. The average molecular weight is 370 g/mol. The van der Waals surface area contributed by atoms with Crippen molar-refractivity contribution in [3.05, 3.63) is 47.5 Å². The highest BCUT2D eigenvalue weighted by atomic mass is 32.2. The van der Waals surface area contributed by atoms with Gasteiger partial charge in [-0.25, -0.2) is 22.8 Å². The molecular formula is C14H15FN4O3S2. The van der Waals surface area contributed by atoms with Gasteiger partial charge in [-0.2, -0.15) is 0 Å². The van der Waals surface area contributed by atoms with Crippen molar-refractivity contribution in [3.63, 3.8) is 0 Å². The molecule has 0 spiro atoms. The smallest absolute Gasteiger partial charge is 0.257 e. The SMILES string of the molecule is Cc1cc(C)nc(SCC(=O)NNS(=O)(=O)c2ccc(F)cc2)n1. The number of thioether (sulfide) groups is 1. The lowest BCUT2D eigenvalue weighted by Gasteiger charge is -2.08. The second kappa shape index (κ2) is 7.69. The van der Waals surface area contributed by atoms with Crippen LogP contribution < -0.4 is 10.3 Å². The Hall–Kier alpha value is -2.04. The van der Waals surface area contributed by atoms with Crippen LogP contribution in [0.25, 0.3) is 0 Å². The molecule has 1 aromatic carbocycles. The number of rotatable bonds is 6. The number of nitrogens with one attached hydrogen (secondary N) is 2. The summed E-state index contributed by atoms with van der Waals surface area (Å²) in [6, 6.07) is 6.04. The van der Waals surface area contributed by atoms with Gasteiger partial charge >= 0.3 is 0 Å². The number of carbonyl (C=O) groups excluding carboxylic acids is 1. The number of aryl methyl sites for hydroxylation is 2. The molecule has 0 atom stereocenters. The Morgan fingerprint density at radius 1 is 1.17 bits per heavy atom. The van der Waals surface area contributed by atoms with Crippen molar-refractivity contribution in [2.45, 2.75) is 23.9 Å². The van der Waals surface area contributed by atoms with E-state index < -0.39 is 21.7 Å². The summed E-state index contributed by atoms with van der Waals surface area (Å²) < 4.78 is 36.7. The molecule has 7 nitrogen and oxygen atoms in total. The zero-order chi connectivity index (χ0) is 17.7. The second-order valence-electron chi connectivity index (χ2n) is 4.83. The first-order valence-electron chi connectivity index (χ1n) is 6.77. The minimum atomic E-state index is -3.96. The Kier molecular flexibility index (Phi) is 5.86. The van der Waals surface area contributed by atoms with Crippen LogP contribution in [0.3, 0.4) is 0 Å². The van der Waals surface area contributed by atoms with Crippen LogP contribution in [0, 0.1) is 19.7 Å². The van der Waals surface area contributed by atoms with Crippen molar-refractivity contribution in [3.8, 4) is 0 Å². The third-order valence-corrected chi connectivity index (χ3v) is 4.85. The monoisotopic (exact) mass is 370 g/mol. The molecule has 24 heavy (non-hydrogen) atoms. The number of halogens is 1. The van der Waals surface area contributed by atoms with E-state index in [0.717, 1.165) is 47.4 Å². The van der Waals surface area contributed by atoms with Crippen LogP contribution >= 0.6 is 11.8 Å². The summed E-state index contributed by atoms with van der Waals surface area (Å²) in [4.78, 5) is 21.9. The Labute approximate surface area is 143 Å². The van der Waals surface area contributed by atoms with E-state index in [9.17, 15) is 17.6 Å². The van der Waals surface area contributed by atoms with Crippen molar-refractivity contribution < 1.29 is 17.6 Å². The third-order valence-electron chi connectivity index (χ3n) is 2.74. The molecule has 128 valence electrons. The number of hydrogen-bond donors (Lipinski definition) is 2. The van der Waals surface area contributed by atoms with Crippen LogP contribution in [0.5, 0.6) is 0 Å². The van der Waals surface area contributed by atoms with Gasteiger partial charge in [0, 0.05) is 11.4 Å². The highest BCUT2D eigenvalue weighted by Crippen LogP contribution is 2.13. The fourth-order valence-corrected chi connectivity index (χ4v) is 3.33. The number of carbonyl (C=O) groups is 1. The first-order valence-corrected chi connectivity index (χ1v) is 9.24. The van der Waals surface area contributed by atoms with Crippen molar-refractivity contribution in [2.75, 3.05) is 5.75 Å². The minimum absolute atomic E-state index is 0.0607. The number of hydrazine groups is 1. The second-order valence-corrected chi connectivity index (χ2v) is 7.45. The summed E-state index contributed by atoms with van der Waals surface area (Å²) in [6.45, 7) is 3.63. The van der Waals surface area contributed by atoms with E-state index >= 15 is 0 Å². The van der Waals surface area contributed by atoms with Gasteiger partial charge in [-0.1, -0.05) is 11.8 Å². The van der Waals surface area contributed by atoms with Gasteiger partial charge in [-0.05, 0) is 44.2 Å². The molecule has 0 aliphatic rings. The molecular weight excluding hydrogens is 355 g/mol. The number of nitrogens with zero attached hydrogens (tertiary/aromatic N) is 2. The summed E-state index contributed by atoms with van der Waals surface area (Å²) in [5.41, 5.74) is 3.65. The molecule has 0 bridgehead atoms. The molecule has 1 amide bonds. The van der Waals surface area contributed by atoms with Crippen LogP contribution in [0.4, 0.5) is 4.39 Å². The Bertz CT molecular complexity index is 821. The topological polar surface area (TPSA) is 101 Å². The third kappa shape index (κ3) is 5.25. The number of hydrogen-bond acceptors (Lipinski definition) is 6. The molecule has 2 rings (SSSR count). The molecule has 0 aliphatic heterocycles. The Morgan fingerprint density at radius 2 is 1.75 bits per heavy atom. The van der Waals surface area contributed by atoms with Crippen molar-refractivity contribution in [2.24, 2.45) is 0 Å². The molecule has 0 fully saturated rings. The number of amides is 1. The van der Waals surface area contributed by atoms with Crippen LogP contribution in [-0.2, 0) is 14.8 Å². The van der Waals surface area contributed by atoms with Crippen molar-refractivity contribution >= 4 is 27.7 Å². The molecule has 10 heteroatoms. The van der Waals surface area contributed by atoms with Gasteiger partial charge in [-0.3, -0.25) is 10.2 Å². The van der Waals surface area contributed by atoms with E-state index in [2.05, 4.69) is 15.4 Å². The lowest BCUT2D eigenvalue weighted by Crippen LogP contribution is -2.42. The maximum Gasteiger partial charge on any atom is 0.257 e. The molecule has 2 N–H and O–H groups in total. The van der Waals surface area contributed by atoms with Crippen molar-refractivity contribution in [1.82, 2.24) is 20.2 Å². The normalized spacial score (nSPS) is 11.3. The van der Waals surface area contributed by atoms with Gasteiger partial charge in [0.25, 0.3) is 10.0 Å². The molecule has 1 aromatic heterocycles. The summed E-state index contributed by atoms with van der Waals surface area (Å²) >= 11 is 1.09. The molecule has 0 aliphatic carbocycles. The fourth-order valence-electron chi connectivity index (χ4n) is 1.72. The fraction of sp³-hybridized carbons (Fsp3) is 0.214. The maximum absolute atomic E-state index is 12.8. The van der Waals surface area contributed by atoms with E-state index in [0.29, 0.717) is 5.16 Å². The van der Waals surface area contributed by atoms with Crippen LogP contribution in [0.1, 0.15) is 11.4 Å². The molecule has 0 unspecified atom stereocenters. The minimum Gasteiger partial charge on any atom is -0.277 e. The van der Waals surface area contributed by atoms with Gasteiger partial charge in [0.1, 0.15) is 5.82 Å². The molecule has 0 saturated carbocycles. The molecule has 0 saturated heterocycles. The predicted molar refractivity (Wildman–Crippen MR) is 87.1 cm³/mol. The summed E-state index contributed by atoms with van der Waals surface area (Å²) in [7, 11) is -3.96. The standard InChI is InChI=1S/C14H15FN4O3S2/c1-9-7-10(2)17-14(16-9)23-8-13(20)18-19-24(21,22)12-5-3-11(15)4-6-12/h3-7,19H,8H2,1-2H3,(H,18,20). The van der Waals surface area contributed by atoms with E-state index in [4.69, 9.17) is 0 Å². The summed E-state index contributed by atoms with van der Waals surface area (Å²) in [5, 5.41) is 0.434. The molecule has 1 heterocycles. The average Bonchev–Trinajstić information content (AvgIpc) is 2.50. The Morgan fingerprint density at radius 3 is 2.33 bits per heavy atom. The van der Waals surface area contributed by atoms with Crippen LogP contribution in [0.15, 0.2) is 40.4 Å². The largest absolute Gasteiger partial charge is 0.277 e. The first-order chi connectivity index (χ1) is 11.3.